The summed E-state index contributed by atoms with van der Waals surface area (Å²) in [5.74, 6) is 1.39. The van der Waals surface area contributed by atoms with Crippen molar-refractivity contribution in [3.63, 3.8) is 0 Å². The van der Waals surface area contributed by atoms with E-state index >= 15 is 0 Å². The van der Waals surface area contributed by atoms with E-state index in [1.165, 1.54) is 17.0 Å². The van der Waals surface area contributed by atoms with E-state index in [4.69, 9.17) is 4.74 Å². The summed E-state index contributed by atoms with van der Waals surface area (Å²) in [6.45, 7) is 4.74. The normalized spacial score (nSPS) is 20.4. The third-order valence-electron chi connectivity index (χ3n) is 5.67. The predicted molar refractivity (Wildman–Crippen MR) is 105 cm³/mol. The van der Waals surface area contributed by atoms with Crippen LogP contribution in [0.15, 0.2) is 48.5 Å². The molecule has 2 N–H and O–H groups in total. The number of aromatic nitrogens is 4. The molecule has 0 unspecified atom stereocenters. The van der Waals surface area contributed by atoms with Crippen LogP contribution in [0.25, 0.3) is 0 Å². The topological polar surface area (TPSA) is 61.7 Å². The van der Waals surface area contributed by atoms with Gasteiger partial charge in [0.05, 0.1) is 26.3 Å². The number of likely N-dealkylation sites (N-methyl/N-ethyl adjacent to an activating group) is 1. The zero-order chi connectivity index (χ0) is 20.2. The first-order chi connectivity index (χ1) is 14.2. The molecule has 4 rings (SSSR count). The standard InChI is InChI=1S/C21H25FN6O/c1-26-11-13-27(14-12-26)20(18-5-3-4-6-19(18)29-2)21-23-24-25-28(21)15-16-7-9-17(22)10-8-16/h3-10,20H,11-15H2,1-2H3/p+2/t20-/m1/s1. The third kappa shape index (κ3) is 4.28. The molecule has 0 aliphatic carbocycles. The summed E-state index contributed by atoms with van der Waals surface area (Å²) in [6, 6.07) is 14.5. The monoisotopic (exact) mass is 398 g/mol. The summed E-state index contributed by atoms with van der Waals surface area (Å²) in [7, 11) is 3.92. The van der Waals surface area contributed by atoms with Crippen molar-refractivity contribution in [3.8, 4) is 5.75 Å². The highest BCUT2D eigenvalue weighted by molar-refractivity contribution is 5.37. The lowest BCUT2D eigenvalue weighted by Gasteiger charge is -2.33. The van der Waals surface area contributed by atoms with Crippen molar-refractivity contribution in [1.82, 2.24) is 20.2 Å². The van der Waals surface area contributed by atoms with Crippen molar-refractivity contribution in [2.24, 2.45) is 0 Å². The first kappa shape index (κ1) is 19.5. The molecule has 0 saturated carbocycles. The van der Waals surface area contributed by atoms with Crippen molar-refractivity contribution in [1.29, 1.82) is 0 Å². The molecular formula is C21H27FN6O+2. The number of hydrogen-bond donors (Lipinski definition) is 2. The summed E-state index contributed by atoms with van der Waals surface area (Å²) >= 11 is 0. The number of benzene rings is 2. The second kappa shape index (κ2) is 8.67. The maximum absolute atomic E-state index is 13.3. The Hall–Kier alpha value is -2.84. The van der Waals surface area contributed by atoms with Gasteiger partial charge in [0.1, 0.15) is 37.7 Å². The Morgan fingerprint density at radius 1 is 1.07 bits per heavy atom. The van der Waals surface area contributed by atoms with E-state index in [0.29, 0.717) is 6.54 Å². The van der Waals surface area contributed by atoms with E-state index in [9.17, 15) is 4.39 Å². The molecule has 1 fully saturated rings. The van der Waals surface area contributed by atoms with Gasteiger partial charge in [-0.1, -0.05) is 24.3 Å². The Balaban J connectivity index is 1.72. The first-order valence-electron chi connectivity index (χ1n) is 9.95. The highest BCUT2D eigenvalue weighted by Crippen LogP contribution is 2.27. The van der Waals surface area contributed by atoms with Crippen LogP contribution >= 0.6 is 0 Å². The number of ether oxygens (including phenoxy) is 1. The number of piperazine rings is 1. The first-order valence-corrected chi connectivity index (χ1v) is 9.95. The summed E-state index contributed by atoms with van der Waals surface area (Å²) in [5.41, 5.74) is 2.04. The van der Waals surface area contributed by atoms with Crippen molar-refractivity contribution in [3.05, 3.63) is 71.3 Å². The molecule has 0 bridgehead atoms. The van der Waals surface area contributed by atoms with E-state index in [-0.39, 0.29) is 11.9 Å². The Bertz CT molecular complexity index is 936. The van der Waals surface area contributed by atoms with Crippen LogP contribution in [-0.4, -0.2) is 60.5 Å². The molecule has 1 saturated heterocycles. The molecule has 29 heavy (non-hydrogen) atoms. The lowest BCUT2D eigenvalue weighted by Crippen LogP contribution is -3.27. The number of para-hydroxylation sites is 1. The molecular weight excluding hydrogens is 371 g/mol. The maximum Gasteiger partial charge on any atom is 0.214 e. The molecule has 1 atom stereocenters. The van der Waals surface area contributed by atoms with Gasteiger partial charge in [0.15, 0.2) is 6.04 Å². The van der Waals surface area contributed by atoms with Gasteiger partial charge in [-0.2, -0.15) is 0 Å². The number of halogens is 1. The molecule has 7 nitrogen and oxygen atoms in total. The van der Waals surface area contributed by atoms with Gasteiger partial charge >= 0.3 is 0 Å². The van der Waals surface area contributed by atoms with Gasteiger partial charge in [0, 0.05) is 0 Å². The largest absolute Gasteiger partial charge is 0.496 e. The lowest BCUT2D eigenvalue weighted by atomic mass is 10.0. The molecule has 1 aliphatic heterocycles. The number of nitrogens with zero attached hydrogens (tertiary/aromatic N) is 4. The molecule has 2 aromatic carbocycles. The number of hydrogen-bond acceptors (Lipinski definition) is 4. The number of rotatable bonds is 6. The minimum absolute atomic E-state index is 0.0327. The fourth-order valence-corrected chi connectivity index (χ4v) is 4.03. The van der Waals surface area contributed by atoms with Gasteiger partial charge in [-0.25, -0.2) is 9.07 Å². The molecule has 0 radical (unpaired) electrons. The van der Waals surface area contributed by atoms with Crippen molar-refractivity contribution in [2.75, 3.05) is 40.3 Å². The summed E-state index contributed by atoms with van der Waals surface area (Å²) in [4.78, 5) is 2.97. The van der Waals surface area contributed by atoms with Crippen LogP contribution < -0.4 is 14.5 Å². The minimum atomic E-state index is -0.248. The molecule has 0 spiro atoms. The van der Waals surface area contributed by atoms with Gasteiger partial charge in [-0.3, -0.25) is 0 Å². The number of methoxy groups -OCH3 is 1. The van der Waals surface area contributed by atoms with Crippen LogP contribution in [0.4, 0.5) is 4.39 Å². The lowest BCUT2D eigenvalue weighted by molar-refractivity contribution is -1.02. The second-order valence-corrected chi connectivity index (χ2v) is 7.61. The van der Waals surface area contributed by atoms with Crippen LogP contribution in [0.2, 0.25) is 0 Å². The average Bonchev–Trinajstić information content (AvgIpc) is 3.19. The van der Waals surface area contributed by atoms with Crippen LogP contribution in [0.3, 0.4) is 0 Å². The number of tetrazole rings is 1. The van der Waals surface area contributed by atoms with E-state index in [1.807, 2.05) is 22.9 Å². The number of nitrogens with one attached hydrogen (secondary N) is 2. The van der Waals surface area contributed by atoms with Crippen molar-refractivity contribution < 1.29 is 18.9 Å². The smallest absolute Gasteiger partial charge is 0.214 e. The Morgan fingerprint density at radius 3 is 2.52 bits per heavy atom. The molecule has 0 amide bonds. The Morgan fingerprint density at radius 2 is 1.79 bits per heavy atom. The quantitative estimate of drug-likeness (QED) is 0.581. The second-order valence-electron chi connectivity index (χ2n) is 7.61. The molecule has 152 valence electrons. The van der Waals surface area contributed by atoms with Gasteiger partial charge in [-0.15, -0.1) is 5.10 Å². The van der Waals surface area contributed by atoms with Gasteiger partial charge in [0.25, 0.3) is 0 Å². The fraction of sp³-hybridized carbons (Fsp3) is 0.381. The third-order valence-corrected chi connectivity index (χ3v) is 5.67. The van der Waals surface area contributed by atoms with Crippen LogP contribution in [0.1, 0.15) is 23.0 Å². The minimum Gasteiger partial charge on any atom is -0.496 e. The Labute approximate surface area is 169 Å². The van der Waals surface area contributed by atoms with E-state index in [0.717, 1.165) is 48.9 Å². The molecule has 8 heteroatoms. The van der Waals surface area contributed by atoms with E-state index in [2.05, 4.69) is 28.6 Å². The van der Waals surface area contributed by atoms with Crippen LogP contribution in [0.5, 0.6) is 5.75 Å². The molecule has 1 aromatic heterocycles. The fourth-order valence-electron chi connectivity index (χ4n) is 4.03. The predicted octanol–water partition coefficient (Wildman–Crippen LogP) is -0.628. The molecule has 2 heterocycles. The molecule has 1 aliphatic rings. The number of quaternary nitrogens is 2. The van der Waals surface area contributed by atoms with Gasteiger partial charge in [0.2, 0.25) is 5.82 Å². The highest BCUT2D eigenvalue weighted by atomic mass is 19.1. The van der Waals surface area contributed by atoms with Gasteiger partial charge < -0.3 is 14.5 Å². The summed E-state index contributed by atoms with van der Waals surface area (Å²) < 4.78 is 20.8. The van der Waals surface area contributed by atoms with Gasteiger partial charge in [-0.05, 0) is 40.3 Å². The Kier molecular flexibility index (Phi) is 5.82. The van der Waals surface area contributed by atoms with E-state index in [1.54, 1.807) is 24.1 Å². The summed E-state index contributed by atoms with van der Waals surface area (Å²) in [5, 5.41) is 12.6. The highest BCUT2D eigenvalue weighted by Gasteiger charge is 2.36. The van der Waals surface area contributed by atoms with E-state index < -0.39 is 0 Å². The maximum atomic E-state index is 13.3. The van der Waals surface area contributed by atoms with Crippen LogP contribution in [-0.2, 0) is 6.54 Å². The average molecular weight is 398 g/mol. The summed E-state index contributed by atoms with van der Waals surface area (Å²) in [6.07, 6.45) is 0. The van der Waals surface area contributed by atoms with Crippen molar-refractivity contribution >= 4 is 0 Å². The van der Waals surface area contributed by atoms with Crippen LogP contribution in [0, 0.1) is 5.82 Å². The molecule has 3 aromatic rings. The zero-order valence-electron chi connectivity index (χ0n) is 16.8. The van der Waals surface area contributed by atoms with Crippen molar-refractivity contribution in [2.45, 2.75) is 12.6 Å². The zero-order valence-corrected chi connectivity index (χ0v) is 16.8. The SMILES string of the molecule is COc1ccccc1[C@H](c1nnnn1Cc1ccc(F)cc1)[NH+]1CC[NH+](C)CC1.